The quantitative estimate of drug-likeness (QED) is 0.425. The predicted octanol–water partition coefficient (Wildman–Crippen LogP) is 4.96. The van der Waals surface area contributed by atoms with Gasteiger partial charge >= 0.3 is 0 Å². The van der Waals surface area contributed by atoms with Crippen LogP contribution in [0.2, 0.25) is 0 Å². The van der Waals surface area contributed by atoms with Crippen molar-refractivity contribution in [1.82, 2.24) is 4.98 Å². The fourth-order valence-corrected chi connectivity index (χ4v) is 6.99. The molecule has 6 nitrogen and oxygen atoms in total. The standard InChI is InChI=1S/C23H25BrN2O4S2/c1-29-21-7-6-20(14-22(21)30-2)32(27,28)19-8-10-26(11-9-19)23-25-18(15-31-23)13-16-4-3-5-17(24)12-16/h3-7,12,14-15,19H,8-11,13H2,1-2H3. The van der Waals surface area contributed by atoms with Crippen molar-refractivity contribution in [1.29, 1.82) is 0 Å². The molecular weight excluding hydrogens is 512 g/mol. The van der Waals surface area contributed by atoms with E-state index < -0.39 is 15.1 Å². The molecule has 0 bridgehead atoms. The summed E-state index contributed by atoms with van der Waals surface area (Å²) in [5.74, 6) is 0.940. The minimum Gasteiger partial charge on any atom is -0.493 e. The number of anilines is 1. The van der Waals surface area contributed by atoms with E-state index in [9.17, 15) is 8.42 Å². The maximum absolute atomic E-state index is 13.2. The Morgan fingerprint density at radius 1 is 1.09 bits per heavy atom. The summed E-state index contributed by atoms with van der Waals surface area (Å²) in [6, 6.07) is 13.0. The highest BCUT2D eigenvalue weighted by atomic mass is 79.9. The highest BCUT2D eigenvalue weighted by molar-refractivity contribution is 9.10. The van der Waals surface area contributed by atoms with Crippen LogP contribution in [-0.2, 0) is 16.3 Å². The van der Waals surface area contributed by atoms with Gasteiger partial charge < -0.3 is 14.4 Å². The van der Waals surface area contributed by atoms with Gasteiger partial charge in [0.2, 0.25) is 0 Å². The number of piperidine rings is 1. The third-order valence-corrected chi connectivity index (χ3v) is 9.35. The minimum absolute atomic E-state index is 0.277. The average Bonchev–Trinajstić information content (AvgIpc) is 3.27. The van der Waals surface area contributed by atoms with Gasteiger partial charge in [0, 0.05) is 35.4 Å². The molecule has 4 rings (SSSR count). The molecule has 2 heterocycles. The summed E-state index contributed by atoms with van der Waals surface area (Å²) in [5, 5.41) is 2.62. The number of methoxy groups -OCH3 is 2. The molecule has 0 aliphatic carbocycles. The van der Waals surface area contributed by atoms with Gasteiger partial charge in [-0.05, 0) is 42.7 Å². The second kappa shape index (κ2) is 9.80. The topological polar surface area (TPSA) is 68.7 Å². The molecule has 0 N–H and O–H groups in total. The molecule has 1 saturated heterocycles. The first kappa shape index (κ1) is 23.1. The van der Waals surface area contributed by atoms with Crippen molar-refractivity contribution in [3.63, 3.8) is 0 Å². The number of sulfone groups is 1. The first-order chi connectivity index (χ1) is 15.4. The minimum atomic E-state index is -3.45. The Kier molecular flexibility index (Phi) is 7.07. The Balaban J connectivity index is 1.41. The SMILES string of the molecule is COc1ccc(S(=O)(=O)C2CCN(c3nc(Cc4cccc(Br)c4)cs3)CC2)cc1OC. The van der Waals surface area contributed by atoms with E-state index in [-0.39, 0.29) is 4.90 Å². The molecule has 1 aliphatic heterocycles. The zero-order valence-electron chi connectivity index (χ0n) is 18.0. The van der Waals surface area contributed by atoms with Crippen molar-refractivity contribution < 1.29 is 17.9 Å². The van der Waals surface area contributed by atoms with E-state index in [0.717, 1.165) is 21.7 Å². The molecule has 0 unspecified atom stereocenters. The highest BCUT2D eigenvalue weighted by Crippen LogP contribution is 2.34. The summed E-state index contributed by atoms with van der Waals surface area (Å²) in [4.78, 5) is 7.26. The molecular formula is C23H25BrN2O4S2. The lowest BCUT2D eigenvalue weighted by molar-refractivity contribution is 0.354. The van der Waals surface area contributed by atoms with Crippen LogP contribution in [-0.4, -0.2) is 46.0 Å². The number of benzene rings is 2. The van der Waals surface area contributed by atoms with E-state index in [1.807, 2.05) is 12.1 Å². The number of aromatic nitrogens is 1. The molecule has 0 saturated carbocycles. The molecule has 0 amide bonds. The van der Waals surface area contributed by atoms with E-state index in [1.54, 1.807) is 29.5 Å². The lowest BCUT2D eigenvalue weighted by Gasteiger charge is -2.31. The van der Waals surface area contributed by atoms with Gasteiger partial charge in [0.15, 0.2) is 26.5 Å². The Labute approximate surface area is 201 Å². The van der Waals surface area contributed by atoms with Gasteiger partial charge in [-0.2, -0.15) is 0 Å². The second-order valence-corrected chi connectivity index (χ2v) is 11.7. The number of nitrogens with zero attached hydrogens (tertiary/aromatic N) is 2. The smallest absolute Gasteiger partial charge is 0.185 e. The summed E-state index contributed by atoms with van der Waals surface area (Å²) in [7, 11) is -0.411. The number of halogens is 1. The first-order valence-electron chi connectivity index (χ1n) is 10.3. The molecule has 0 spiro atoms. The van der Waals surface area contributed by atoms with Gasteiger partial charge in [-0.15, -0.1) is 11.3 Å². The maximum Gasteiger partial charge on any atom is 0.185 e. The zero-order chi connectivity index (χ0) is 22.7. The lowest BCUT2D eigenvalue weighted by Crippen LogP contribution is -2.39. The summed E-state index contributed by atoms with van der Waals surface area (Å²) >= 11 is 5.13. The zero-order valence-corrected chi connectivity index (χ0v) is 21.2. The van der Waals surface area contributed by atoms with E-state index >= 15 is 0 Å². The van der Waals surface area contributed by atoms with Crippen LogP contribution < -0.4 is 14.4 Å². The summed E-state index contributed by atoms with van der Waals surface area (Å²) in [6.45, 7) is 1.34. The van der Waals surface area contributed by atoms with Gasteiger partial charge in [-0.25, -0.2) is 13.4 Å². The summed E-state index contributed by atoms with van der Waals surface area (Å²) < 4.78 is 38.0. The van der Waals surface area contributed by atoms with E-state index in [4.69, 9.17) is 14.5 Å². The number of ether oxygens (including phenoxy) is 2. The molecule has 9 heteroatoms. The average molecular weight is 538 g/mol. The largest absolute Gasteiger partial charge is 0.493 e. The van der Waals surface area contributed by atoms with Crippen molar-refractivity contribution >= 4 is 42.2 Å². The van der Waals surface area contributed by atoms with Gasteiger partial charge in [0.05, 0.1) is 30.1 Å². The third-order valence-electron chi connectivity index (χ3n) is 5.65. The van der Waals surface area contributed by atoms with Gasteiger partial charge in [-0.1, -0.05) is 28.1 Å². The van der Waals surface area contributed by atoms with Crippen molar-refractivity contribution in [2.24, 2.45) is 0 Å². The van der Waals surface area contributed by atoms with Crippen LogP contribution in [0, 0.1) is 0 Å². The molecule has 0 radical (unpaired) electrons. The number of hydrogen-bond donors (Lipinski definition) is 0. The summed E-state index contributed by atoms with van der Waals surface area (Å²) in [5.41, 5.74) is 2.24. The van der Waals surface area contributed by atoms with Gasteiger partial charge in [0.25, 0.3) is 0 Å². The molecule has 1 aliphatic rings. The highest BCUT2D eigenvalue weighted by Gasteiger charge is 2.32. The van der Waals surface area contributed by atoms with Crippen LogP contribution in [0.1, 0.15) is 24.1 Å². The first-order valence-corrected chi connectivity index (χ1v) is 13.5. The van der Waals surface area contributed by atoms with Crippen molar-refractivity contribution in [3.05, 3.63) is 63.6 Å². The van der Waals surface area contributed by atoms with Crippen LogP contribution in [0.15, 0.2) is 57.2 Å². The predicted molar refractivity (Wildman–Crippen MR) is 131 cm³/mol. The van der Waals surface area contributed by atoms with Gasteiger partial charge in [-0.3, -0.25) is 0 Å². The van der Waals surface area contributed by atoms with Crippen molar-refractivity contribution in [3.8, 4) is 11.5 Å². The number of rotatable bonds is 7. The van der Waals surface area contributed by atoms with E-state index in [0.29, 0.717) is 37.4 Å². The van der Waals surface area contributed by atoms with Gasteiger partial charge in [0.1, 0.15) is 0 Å². The molecule has 32 heavy (non-hydrogen) atoms. The van der Waals surface area contributed by atoms with Crippen LogP contribution in [0.5, 0.6) is 11.5 Å². The van der Waals surface area contributed by atoms with Crippen molar-refractivity contribution in [2.45, 2.75) is 29.4 Å². The van der Waals surface area contributed by atoms with Crippen molar-refractivity contribution in [2.75, 3.05) is 32.2 Å². The molecule has 2 aromatic carbocycles. The van der Waals surface area contributed by atoms with E-state index in [1.165, 1.54) is 19.8 Å². The fraction of sp³-hybridized carbons (Fsp3) is 0.348. The van der Waals surface area contributed by atoms with E-state index in [2.05, 4.69) is 38.3 Å². The monoisotopic (exact) mass is 536 g/mol. The maximum atomic E-state index is 13.2. The fourth-order valence-electron chi connectivity index (χ4n) is 3.92. The van der Waals surface area contributed by atoms with Crippen LogP contribution in [0.3, 0.4) is 0 Å². The number of thiazole rings is 1. The second-order valence-electron chi connectivity index (χ2n) is 7.68. The summed E-state index contributed by atoms with van der Waals surface area (Å²) in [6.07, 6.45) is 1.91. The number of hydrogen-bond acceptors (Lipinski definition) is 7. The molecule has 1 fully saturated rings. The molecule has 0 atom stereocenters. The normalized spacial score (nSPS) is 15.0. The lowest BCUT2D eigenvalue weighted by atomic mass is 10.1. The third kappa shape index (κ3) is 4.94. The molecule has 170 valence electrons. The molecule has 3 aromatic rings. The molecule has 1 aromatic heterocycles. The van der Waals surface area contributed by atoms with Crippen LogP contribution >= 0.6 is 27.3 Å². The Hall–Kier alpha value is -2.10. The Morgan fingerprint density at radius 3 is 2.53 bits per heavy atom. The van der Waals surface area contributed by atoms with Crippen LogP contribution in [0.4, 0.5) is 5.13 Å². The Morgan fingerprint density at radius 2 is 1.84 bits per heavy atom. The Bertz CT molecular complexity index is 1190. The van der Waals surface area contributed by atoms with Crippen LogP contribution in [0.25, 0.3) is 0 Å².